The Morgan fingerprint density at radius 3 is 2.39 bits per heavy atom. The molecule has 0 saturated heterocycles. The number of carbonyl (C=O) groups is 2. The second kappa shape index (κ2) is 8.67. The van der Waals surface area contributed by atoms with Gasteiger partial charge in [0.2, 0.25) is 0 Å². The van der Waals surface area contributed by atoms with E-state index >= 15 is 0 Å². The maximum absolute atomic E-state index is 13.7. The van der Waals surface area contributed by atoms with Crippen molar-refractivity contribution in [2.75, 3.05) is 11.5 Å². The van der Waals surface area contributed by atoms with Gasteiger partial charge < -0.3 is 10.5 Å². The van der Waals surface area contributed by atoms with Gasteiger partial charge in [0.1, 0.15) is 11.6 Å². The average Bonchev–Trinajstić information content (AvgIpc) is 2.74. The lowest BCUT2D eigenvalue weighted by atomic mass is 9.68. The van der Waals surface area contributed by atoms with Gasteiger partial charge in [0, 0.05) is 28.4 Å². The fourth-order valence-electron chi connectivity index (χ4n) is 4.69. The van der Waals surface area contributed by atoms with Crippen LogP contribution in [0.3, 0.4) is 0 Å². The van der Waals surface area contributed by atoms with Crippen molar-refractivity contribution >= 4 is 29.0 Å². The Balaban J connectivity index is 2.01. The minimum absolute atomic E-state index is 0.0659. The smallest absolute Gasteiger partial charge is 0.338 e. The van der Waals surface area contributed by atoms with Gasteiger partial charge in [0.25, 0.3) is 0 Å². The van der Waals surface area contributed by atoms with Crippen LogP contribution in [-0.2, 0) is 14.3 Å². The molecule has 0 spiro atoms. The lowest BCUT2D eigenvalue weighted by Crippen LogP contribution is -2.43. The lowest BCUT2D eigenvalue weighted by molar-refractivity contribution is -0.138. The summed E-state index contributed by atoms with van der Waals surface area (Å²) >= 11 is 6.10. The van der Waals surface area contributed by atoms with Crippen LogP contribution in [-0.4, -0.2) is 18.4 Å². The van der Waals surface area contributed by atoms with Gasteiger partial charge in [-0.05, 0) is 60.7 Å². The van der Waals surface area contributed by atoms with Gasteiger partial charge in [0.05, 0.1) is 18.1 Å². The summed E-state index contributed by atoms with van der Waals surface area (Å²) in [6.45, 7) is 5.92. The van der Waals surface area contributed by atoms with Crippen molar-refractivity contribution < 1.29 is 18.7 Å². The van der Waals surface area contributed by atoms with E-state index in [9.17, 15) is 14.0 Å². The largest absolute Gasteiger partial charge is 0.463 e. The Morgan fingerprint density at radius 1 is 1.15 bits per heavy atom. The quantitative estimate of drug-likeness (QED) is 0.603. The van der Waals surface area contributed by atoms with Crippen LogP contribution in [0.25, 0.3) is 0 Å². The summed E-state index contributed by atoms with van der Waals surface area (Å²) in [5.41, 5.74) is 9.08. The number of esters is 1. The third-order valence-electron chi connectivity index (χ3n) is 6.04. The van der Waals surface area contributed by atoms with Gasteiger partial charge in [-0.2, -0.15) is 0 Å². The van der Waals surface area contributed by atoms with Gasteiger partial charge in [-0.1, -0.05) is 37.6 Å². The predicted molar refractivity (Wildman–Crippen MR) is 126 cm³/mol. The molecule has 7 heteroatoms. The van der Waals surface area contributed by atoms with Crippen LogP contribution in [0.2, 0.25) is 5.02 Å². The summed E-state index contributed by atoms with van der Waals surface area (Å²) in [5.74, 6) is -1.63. The highest BCUT2D eigenvalue weighted by atomic mass is 35.5. The maximum atomic E-state index is 13.7. The van der Waals surface area contributed by atoms with Crippen molar-refractivity contribution in [1.29, 1.82) is 0 Å². The fraction of sp³-hybridized carbons (Fsp3) is 0.308. The molecule has 2 N–H and O–H groups in total. The standard InChI is InChI=1S/C26H26ClFN2O3/c1-4-33-25(32)23-21(15-5-9-17(28)10-6-15)22-19(13-26(2,3)14-20(22)31)30(24(23)29)18-11-7-16(27)8-12-18/h5-12,21H,4,13-14,29H2,1-3H3/t21-/m1/s1. The number of nitrogens with two attached hydrogens (primary N) is 1. The average molecular weight is 469 g/mol. The maximum Gasteiger partial charge on any atom is 0.338 e. The van der Waals surface area contributed by atoms with Gasteiger partial charge in [-0.25, -0.2) is 9.18 Å². The summed E-state index contributed by atoms with van der Waals surface area (Å²) in [6.07, 6.45) is 0.902. The number of halogens is 2. The van der Waals surface area contributed by atoms with Crippen LogP contribution in [0.4, 0.5) is 10.1 Å². The highest BCUT2D eigenvalue weighted by Gasteiger charge is 2.46. The molecule has 1 aliphatic heterocycles. The van der Waals surface area contributed by atoms with Gasteiger partial charge in [-0.15, -0.1) is 0 Å². The number of anilines is 1. The third kappa shape index (κ3) is 4.27. The van der Waals surface area contributed by atoms with E-state index in [4.69, 9.17) is 22.1 Å². The van der Waals surface area contributed by atoms with Crippen LogP contribution in [0, 0.1) is 11.2 Å². The highest BCUT2D eigenvalue weighted by Crippen LogP contribution is 2.50. The minimum atomic E-state index is -0.744. The summed E-state index contributed by atoms with van der Waals surface area (Å²) in [4.78, 5) is 28.5. The molecule has 5 nitrogen and oxygen atoms in total. The van der Waals surface area contributed by atoms with Crippen LogP contribution >= 0.6 is 11.6 Å². The zero-order valence-electron chi connectivity index (χ0n) is 18.8. The molecule has 0 fully saturated rings. The number of rotatable bonds is 4. The number of carbonyl (C=O) groups excluding carboxylic acids is 2. The van der Waals surface area contributed by atoms with E-state index in [1.54, 1.807) is 48.2 Å². The Bertz CT molecular complexity index is 1170. The Morgan fingerprint density at radius 2 is 1.79 bits per heavy atom. The zero-order chi connectivity index (χ0) is 23.9. The Labute approximate surface area is 197 Å². The number of hydrogen-bond donors (Lipinski definition) is 1. The molecule has 0 amide bonds. The van der Waals surface area contributed by atoms with E-state index in [0.29, 0.717) is 34.7 Å². The molecule has 4 rings (SSSR count). The molecular formula is C26H26ClFN2O3. The molecule has 33 heavy (non-hydrogen) atoms. The van der Waals surface area contributed by atoms with Crippen LogP contribution in [0.1, 0.15) is 45.1 Å². The van der Waals surface area contributed by atoms with Crippen LogP contribution < -0.4 is 10.6 Å². The number of allylic oxidation sites excluding steroid dienone is 2. The van der Waals surface area contributed by atoms with Gasteiger partial charge in [-0.3, -0.25) is 9.69 Å². The van der Waals surface area contributed by atoms with E-state index in [1.807, 2.05) is 13.8 Å². The molecule has 2 aromatic rings. The van der Waals surface area contributed by atoms with Crippen LogP contribution in [0.5, 0.6) is 0 Å². The molecule has 2 aliphatic rings. The first-order chi connectivity index (χ1) is 15.6. The second-order valence-corrected chi connectivity index (χ2v) is 9.55. The first-order valence-electron chi connectivity index (χ1n) is 10.9. The van der Waals surface area contributed by atoms with Crippen molar-refractivity contribution in [3.63, 3.8) is 0 Å². The first-order valence-corrected chi connectivity index (χ1v) is 11.2. The van der Waals surface area contributed by atoms with Gasteiger partial charge >= 0.3 is 5.97 Å². The van der Waals surface area contributed by atoms with Crippen molar-refractivity contribution in [3.05, 3.63) is 87.6 Å². The van der Waals surface area contributed by atoms with E-state index in [1.165, 1.54) is 12.1 Å². The predicted octanol–water partition coefficient (Wildman–Crippen LogP) is 5.46. The molecule has 0 unspecified atom stereocenters. The topological polar surface area (TPSA) is 72.6 Å². The molecule has 1 heterocycles. The summed E-state index contributed by atoms with van der Waals surface area (Å²) in [5, 5.41) is 0.558. The fourth-order valence-corrected chi connectivity index (χ4v) is 4.82. The molecule has 1 atom stereocenters. The van der Waals surface area contributed by atoms with E-state index < -0.39 is 17.7 Å². The van der Waals surface area contributed by atoms with E-state index in [2.05, 4.69) is 0 Å². The molecule has 0 bridgehead atoms. The summed E-state index contributed by atoms with van der Waals surface area (Å²) in [7, 11) is 0. The normalized spacial score (nSPS) is 20.1. The van der Waals surface area contributed by atoms with Crippen molar-refractivity contribution in [2.24, 2.45) is 11.1 Å². The second-order valence-electron chi connectivity index (χ2n) is 9.12. The number of ether oxygens (including phenoxy) is 1. The Kier molecular flexibility index (Phi) is 6.06. The van der Waals surface area contributed by atoms with Crippen molar-refractivity contribution in [2.45, 2.75) is 39.5 Å². The lowest BCUT2D eigenvalue weighted by Gasteiger charge is -2.44. The number of Topliss-reactive ketones (excluding diaryl/α,β-unsaturated/α-hetero) is 1. The monoisotopic (exact) mass is 468 g/mol. The Hall–Kier alpha value is -3.12. The van der Waals surface area contributed by atoms with E-state index in [0.717, 1.165) is 5.70 Å². The minimum Gasteiger partial charge on any atom is -0.463 e. The molecular weight excluding hydrogens is 443 g/mol. The first kappa shape index (κ1) is 23.1. The molecule has 172 valence electrons. The molecule has 1 aliphatic carbocycles. The summed E-state index contributed by atoms with van der Waals surface area (Å²) in [6, 6.07) is 12.9. The van der Waals surface area contributed by atoms with Crippen molar-refractivity contribution in [1.82, 2.24) is 0 Å². The number of hydrogen-bond acceptors (Lipinski definition) is 5. The molecule has 0 aromatic heterocycles. The number of nitrogens with zero attached hydrogens (tertiary/aromatic N) is 1. The SMILES string of the molecule is CCOC(=O)C1=C(N)N(c2ccc(Cl)cc2)C2=C(C(=O)CC(C)(C)C2)[C@H]1c1ccc(F)cc1. The molecule has 0 saturated carbocycles. The van der Waals surface area contributed by atoms with Gasteiger partial charge in [0.15, 0.2) is 5.78 Å². The van der Waals surface area contributed by atoms with E-state index in [-0.39, 0.29) is 29.2 Å². The number of benzene rings is 2. The number of ketones is 1. The molecule has 2 aromatic carbocycles. The zero-order valence-corrected chi connectivity index (χ0v) is 19.6. The summed E-state index contributed by atoms with van der Waals surface area (Å²) < 4.78 is 19.1. The molecule has 0 radical (unpaired) electrons. The van der Waals surface area contributed by atoms with Crippen LogP contribution in [0.15, 0.2) is 71.2 Å². The highest BCUT2D eigenvalue weighted by molar-refractivity contribution is 6.30. The van der Waals surface area contributed by atoms with Crippen molar-refractivity contribution in [3.8, 4) is 0 Å². The third-order valence-corrected chi connectivity index (χ3v) is 6.30.